The normalized spacial score (nSPS) is 17.4. The first-order chi connectivity index (χ1) is 7.66. The lowest BCUT2D eigenvalue weighted by molar-refractivity contribution is 0.462. The first-order valence-corrected chi connectivity index (χ1v) is 6.76. The van der Waals surface area contributed by atoms with Gasteiger partial charge in [0, 0.05) is 12.1 Å². The summed E-state index contributed by atoms with van der Waals surface area (Å²) in [5, 5.41) is 3.35. The summed E-state index contributed by atoms with van der Waals surface area (Å²) in [6.45, 7) is 0. The van der Waals surface area contributed by atoms with Gasteiger partial charge < -0.3 is 11.1 Å². The van der Waals surface area contributed by atoms with Crippen molar-refractivity contribution in [1.82, 2.24) is 0 Å². The number of hydrogen-bond acceptors (Lipinski definition) is 2. The molecule has 0 unspecified atom stereocenters. The molecule has 16 heavy (non-hydrogen) atoms. The van der Waals surface area contributed by atoms with E-state index in [1.165, 1.54) is 25.3 Å². The molecule has 2 nitrogen and oxygen atoms in total. The van der Waals surface area contributed by atoms with E-state index in [4.69, 9.17) is 5.73 Å². The molecular weight excluding hydrogens is 318 g/mol. The summed E-state index contributed by atoms with van der Waals surface area (Å²) in [7, 11) is 0. The van der Waals surface area contributed by atoms with Crippen LogP contribution >= 0.6 is 22.6 Å². The molecule has 1 saturated carbocycles. The molecule has 1 aromatic rings. The number of nitrogens with one attached hydrogen (secondary N) is 1. The molecule has 1 aromatic carbocycles. The maximum Gasteiger partial charge on any atom is 0.138 e. The first-order valence-electron chi connectivity index (χ1n) is 5.68. The molecule has 3 N–H and O–H groups in total. The Kier molecular flexibility index (Phi) is 3.89. The highest BCUT2D eigenvalue weighted by Gasteiger charge is 2.15. The zero-order valence-electron chi connectivity index (χ0n) is 9.10. The third kappa shape index (κ3) is 2.78. The van der Waals surface area contributed by atoms with Crippen LogP contribution in [0.5, 0.6) is 0 Å². The second-order valence-electron chi connectivity index (χ2n) is 4.33. The minimum absolute atomic E-state index is 0.201. The highest BCUT2D eigenvalue weighted by molar-refractivity contribution is 14.1. The van der Waals surface area contributed by atoms with Crippen LogP contribution in [0, 0.1) is 9.39 Å². The van der Waals surface area contributed by atoms with Crippen LogP contribution in [0.2, 0.25) is 0 Å². The second kappa shape index (κ2) is 5.21. The largest absolute Gasteiger partial charge is 0.397 e. The van der Waals surface area contributed by atoms with Crippen molar-refractivity contribution in [1.29, 1.82) is 0 Å². The summed E-state index contributed by atoms with van der Waals surface area (Å²) >= 11 is 1.95. The van der Waals surface area contributed by atoms with Crippen LogP contribution < -0.4 is 11.1 Å². The van der Waals surface area contributed by atoms with Crippen LogP contribution in [0.4, 0.5) is 15.8 Å². The van der Waals surface area contributed by atoms with E-state index in [1.54, 1.807) is 6.07 Å². The summed E-state index contributed by atoms with van der Waals surface area (Å²) in [5.74, 6) is -0.201. The van der Waals surface area contributed by atoms with Crippen molar-refractivity contribution in [2.45, 2.75) is 38.1 Å². The standard InChI is InChI=1S/C12H16FIN2/c13-9-6-12(11(15)7-10(9)14)16-8-4-2-1-3-5-8/h6-8,16H,1-5,15H2. The molecule has 4 heteroatoms. The van der Waals surface area contributed by atoms with Gasteiger partial charge >= 0.3 is 0 Å². The van der Waals surface area contributed by atoms with E-state index < -0.39 is 0 Å². The topological polar surface area (TPSA) is 38.0 Å². The number of hydrogen-bond donors (Lipinski definition) is 2. The molecule has 88 valence electrons. The van der Waals surface area contributed by atoms with Gasteiger partial charge in [0.05, 0.1) is 14.9 Å². The minimum atomic E-state index is -0.201. The maximum atomic E-state index is 13.4. The van der Waals surface area contributed by atoms with E-state index in [1.807, 2.05) is 22.6 Å². The van der Waals surface area contributed by atoms with Crippen LogP contribution in [0.25, 0.3) is 0 Å². The zero-order valence-corrected chi connectivity index (χ0v) is 11.3. The highest BCUT2D eigenvalue weighted by Crippen LogP contribution is 2.27. The average molecular weight is 334 g/mol. The molecule has 0 aromatic heterocycles. The second-order valence-corrected chi connectivity index (χ2v) is 5.50. The fourth-order valence-corrected chi connectivity index (χ4v) is 2.65. The van der Waals surface area contributed by atoms with Gasteiger partial charge in [0.15, 0.2) is 0 Å². The Morgan fingerprint density at radius 2 is 1.94 bits per heavy atom. The summed E-state index contributed by atoms with van der Waals surface area (Å²) in [6, 6.07) is 3.64. The minimum Gasteiger partial charge on any atom is -0.397 e. The van der Waals surface area contributed by atoms with Crippen LogP contribution in [0.3, 0.4) is 0 Å². The number of anilines is 2. The van der Waals surface area contributed by atoms with Gasteiger partial charge in [-0.15, -0.1) is 0 Å². The van der Waals surface area contributed by atoms with Crippen LogP contribution in [-0.4, -0.2) is 6.04 Å². The molecule has 1 aliphatic carbocycles. The third-order valence-corrected chi connectivity index (χ3v) is 3.88. The van der Waals surface area contributed by atoms with Gasteiger partial charge in [-0.25, -0.2) is 4.39 Å². The quantitative estimate of drug-likeness (QED) is 0.638. The first kappa shape index (κ1) is 12.0. The molecule has 2 rings (SSSR count). The SMILES string of the molecule is Nc1cc(I)c(F)cc1NC1CCCCC1. The van der Waals surface area contributed by atoms with Gasteiger partial charge in [-0.05, 0) is 41.5 Å². The molecule has 0 radical (unpaired) electrons. The molecule has 0 heterocycles. The lowest BCUT2D eigenvalue weighted by atomic mass is 9.95. The molecule has 0 amide bonds. The van der Waals surface area contributed by atoms with Gasteiger partial charge in [-0.1, -0.05) is 19.3 Å². The summed E-state index contributed by atoms with van der Waals surface area (Å²) in [6.07, 6.45) is 6.14. The predicted octanol–water partition coefficient (Wildman–Crippen LogP) is 3.76. The molecule has 1 aliphatic rings. The van der Waals surface area contributed by atoms with Gasteiger partial charge in [-0.3, -0.25) is 0 Å². The third-order valence-electron chi connectivity index (χ3n) is 3.06. The van der Waals surface area contributed by atoms with Crippen molar-refractivity contribution in [2.24, 2.45) is 0 Å². The molecule has 1 fully saturated rings. The van der Waals surface area contributed by atoms with E-state index >= 15 is 0 Å². The lowest BCUT2D eigenvalue weighted by Gasteiger charge is -2.24. The lowest BCUT2D eigenvalue weighted by Crippen LogP contribution is -2.22. The molecule has 0 bridgehead atoms. The number of rotatable bonds is 2. The predicted molar refractivity (Wildman–Crippen MR) is 74.0 cm³/mol. The summed E-state index contributed by atoms with van der Waals surface area (Å²) in [4.78, 5) is 0. The number of halogens is 2. The molecule has 0 spiro atoms. The van der Waals surface area contributed by atoms with E-state index in [2.05, 4.69) is 5.32 Å². The van der Waals surface area contributed by atoms with Gasteiger partial charge in [0.1, 0.15) is 5.82 Å². The Labute approximate surface area is 109 Å². The Morgan fingerprint density at radius 3 is 2.62 bits per heavy atom. The van der Waals surface area contributed by atoms with Crippen LogP contribution in [-0.2, 0) is 0 Å². The van der Waals surface area contributed by atoms with Crippen molar-refractivity contribution in [3.8, 4) is 0 Å². The van der Waals surface area contributed by atoms with Crippen LogP contribution in [0.15, 0.2) is 12.1 Å². The summed E-state index contributed by atoms with van der Waals surface area (Å²) < 4.78 is 14.0. The molecule has 0 aliphatic heterocycles. The summed E-state index contributed by atoms with van der Waals surface area (Å²) in [5.41, 5.74) is 7.25. The smallest absolute Gasteiger partial charge is 0.138 e. The van der Waals surface area contributed by atoms with E-state index in [0.29, 0.717) is 15.3 Å². The molecule has 0 atom stereocenters. The average Bonchev–Trinajstić information content (AvgIpc) is 2.27. The fraction of sp³-hybridized carbons (Fsp3) is 0.500. The number of benzene rings is 1. The Morgan fingerprint density at radius 1 is 1.25 bits per heavy atom. The zero-order chi connectivity index (χ0) is 11.5. The maximum absolute atomic E-state index is 13.4. The number of nitrogens with two attached hydrogens (primary N) is 1. The Balaban J connectivity index is 2.11. The monoisotopic (exact) mass is 334 g/mol. The van der Waals surface area contributed by atoms with E-state index in [9.17, 15) is 4.39 Å². The fourth-order valence-electron chi connectivity index (χ4n) is 2.15. The van der Waals surface area contributed by atoms with Crippen molar-refractivity contribution < 1.29 is 4.39 Å². The van der Waals surface area contributed by atoms with Crippen molar-refractivity contribution in [3.63, 3.8) is 0 Å². The van der Waals surface area contributed by atoms with Gasteiger partial charge in [0.2, 0.25) is 0 Å². The molecule has 0 saturated heterocycles. The van der Waals surface area contributed by atoms with Gasteiger partial charge in [0.25, 0.3) is 0 Å². The van der Waals surface area contributed by atoms with E-state index in [0.717, 1.165) is 18.5 Å². The van der Waals surface area contributed by atoms with Crippen LogP contribution in [0.1, 0.15) is 32.1 Å². The van der Waals surface area contributed by atoms with Crippen molar-refractivity contribution >= 4 is 34.0 Å². The highest BCUT2D eigenvalue weighted by atomic mass is 127. The van der Waals surface area contributed by atoms with Gasteiger partial charge in [-0.2, -0.15) is 0 Å². The Bertz CT molecular complexity index is 376. The Hall–Kier alpha value is -0.520. The molecular formula is C12H16FIN2. The number of nitrogen functional groups attached to an aromatic ring is 1. The van der Waals surface area contributed by atoms with Crippen molar-refractivity contribution in [3.05, 3.63) is 21.5 Å². The van der Waals surface area contributed by atoms with Crippen molar-refractivity contribution in [2.75, 3.05) is 11.1 Å². The van der Waals surface area contributed by atoms with E-state index in [-0.39, 0.29) is 5.82 Å².